The average Bonchev–Trinajstić information content (AvgIpc) is 2.59. The van der Waals surface area contributed by atoms with E-state index in [0.29, 0.717) is 11.0 Å². The lowest BCUT2D eigenvalue weighted by Crippen LogP contribution is -2.05. The number of carboxylic acid groups (broad SMARTS) is 1. The Bertz CT molecular complexity index is 534. The van der Waals surface area contributed by atoms with Crippen molar-refractivity contribution in [1.29, 1.82) is 0 Å². The summed E-state index contributed by atoms with van der Waals surface area (Å²) in [6.07, 6.45) is 2.61. The molecule has 0 amide bonds. The van der Waals surface area contributed by atoms with Crippen LogP contribution in [0.3, 0.4) is 0 Å². The van der Waals surface area contributed by atoms with Gasteiger partial charge in [0.2, 0.25) is 0 Å². The molecule has 0 fully saturated rings. The van der Waals surface area contributed by atoms with Crippen LogP contribution >= 0.6 is 0 Å². The highest BCUT2D eigenvalue weighted by molar-refractivity contribution is 6.02. The molecule has 0 unspecified atom stereocenters. The lowest BCUT2D eigenvalue weighted by Gasteiger charge is -2.04. The summed E-state index contributed by atoms with van der Waals surface area (Å²) in [5.74, 6) is -1.16. The molecule has 0 saturated carbocycles. The summed E-state index contributed by atoms with van der Waals surface area (Å²) in [6.45, 7) is 0. The fraction of sp³-hybridized carbons (Fsp3) is 0.125. The topological polar surface area (TPSA) is 100 Å². The summed E-state index contributed by atoms with van der Waals surface area (Å²) in [7, 11) is 1.68. The predicted octanol–water partition coefficient (Wildman–Crippen LogP) is 0.468. The van der Waals surface area contributed by atoms with Crippen molar-refractivity contribution in [1.82, 2.24) is 14.8 Å². The van der Waals surface area contributed by atoms with Gasteiger partial charge in [-0.3, -0.25) is 15.4 Å². The molecule has 2 aromatic heterocycles. The van der Waals surface area contributed by atoms with E-state index in [9.17, 15) is 4.79 Å². The maximum Gasteiger partial charge on any atom is 0.339 e. The first kappa shape index (κ1) is 9.41. The molecule has 3 N–H and O–H groups in total. The molecule has 2 heterocycles. The molecule has 0 saturated heterocycles. The Morgan fingerprint density at radius 1 is 1.53 bits per heavy atom. The quantitative estimate of drug-likeness (QED) is 0.620. The van der Waals surface area contributed by atoms with Crippen LogP contribution in [0.2, 0.25) is 0 Å². The molecule has 0 aliphatic rings. The van der Waals surface area contributed by atoms with Crippen LogP contribution in [-0.4, -0.2) is 31.0 Å². The fourth-order valence-electron chi connectivity index (χ4n) is 1.38. The Labute approximate surface area is 83.9 Å². The molecule has 0 aromatic carbocycles. The first-order valence-corrected chi connectivity index (χ1v) is 4.09. The average molecular weight is 208 g/mol. The molecular formula is C8H8N4O3. The van der Waals surface area contributed by atoms with Gasteiger partial charge in [0, 0.05) is 13.2 Å². The molecule has 0 radical (unpaired) electrons. The maximum atomic E-state index is 10.8. The number of anilines is 1. The van der Waals surface area contributed by atoms with Crippen LogP contribution in [0.25, 0.3) is 11.0 Å². The summed E-state index contributed by atoms with van der Waals surface area (Å²) < 4.78 is 1.49. The van der Waals surface area contributed by atoms with E-state index in [1.807, 2.05) is 5.48 Å². The number of carboxylic acids is 1. The highest BCUT2D eigenvalue weighted by atomic mass is 16.5. The number of hydrogen-bond acceptors (Lipinski definition) is 5. The van der Waals surface area contributed by atoms with Crippen molar-refractivity contribution in [2.24, 2.45) is 7.05 Å². The Morgan fingerprint density at radius 2 is 2.27 bits per heavy atom. The van der Waals surface area contributed by atoms with Gasteiger partial charge in [0.25, 0.3) is 0 Å². The van der Waals surface area contributed by atoms with Crippen LogP contribution in [0, 0.1) is 0 Å². The zero-order chi connectivity index (χ0) is 11.0. The third-order valence-corrected chi connectivity index (χ3v) is 2.10. The number of fused-ring (bicyclic) bond motifs is 1. The summed E-state index contributed by atoms with van der Waals surface area (Å²) in [4.78, 5) is 14.8. The van der Waals surface area contributed by atoms with Gasteiger partial charge in [-0.05, 0) is 0 Å². The van der Waals surface area contributed by atoms with Crippen molar-refractivity contribution >= 4 is 22.7 Å². The smallest absolute Gasteiger partial charge is 0.339 e. The molecule has 0 bridgehead atoms. The number of aromatic nitrogens is 3. The van der Waals surface area contributed by atoms with E-state index < -0.39 is 5.97 Å². The number of nitrogens with one attached hydrogen (secondary N) is 1. The molecule has 0 aliphatic carbocycles. The standard InChI is InChI=1S/C8H8N4O3/c1-12-7-4(3-10-12)6(11-15)5(2-9-7)8(13)14/h2-3,15H,1H3,(H,9,11)(H,13,14). The molecule has 7 heteroatoms. The largest absolute Gasteiger partial charge is 0.478 e. The second kappa shape index (κ2) is 3.21. The molecule has 15 heavy (non-hydrogen) atoms. The maximum absolute atomic E-state index is 10.8. The van der Waals surface area contributed by atoms with E-state index in [1.54, 1.807) is 7.05 Å². The highest BCUT2D eigenvalue weighted by Gasteiger charge is 2.15. The lowest BCUT2D eigenvalue weighted by molar-refractivity contribution is 0.0697. The van der Waals surface area contributed by atoms with E-state index in [0.717, 1.165) is 0 Å². The molecule has 78 valence electrons. The van der Waals surface area contributed by atoms with Crippen LogP contribution in [0.1, 0.15) is 10.4 Å². The number of rotatable bonds is 2. The van der Waals surface area contributed by atoms with Gasteiger partial charge in [0.1, 0.15) is 5.56 Å². The van der Waals surface area contributed by atoms with Gasteiger partial charge in [0.05, 0.1) is 17.3 Å². The van der Waals surface area contributed by atoms with E-state index in [4.69, 9.17) is 10.3 Å². The van der Waals surface area contributed by atoms with Gasteiger partial charge in [0.15, 0.2) is 5.65 Å². The Kier molecular flexibility index (Phi) is 2.01. The highest BCUT2D eigenvalue weighted by Crippen LogP contribution is 2.24. The summed E-state index contributed by atoms with van der Waals surface area (Å²) in [5, 5.41) is 22.1. The molecule has 7 nitrogen and oxygen atoms in total. The minimum absolute atomic E-state index is 0.0978. The van der Waals surface area contributed by atoms with Crippen molar-refractivity contribution in [3.05, 3.63) is 18.0 Å². The van der Waals surface area contributed by atoms with Crippen molar-refractivity contribution in [3.8, 4) is 0 Å². The second-order valence-corrected chi connectivity index (χ2v) is 2.97. The van der Waals surface area contributed by atoms with Crippen molar-refractivity contribution in [3.63, 3.8) is 0 Å². The van der Waals surface area contributed by atoms with E-state index in [-0.39, 0.29) is 11.3 Å². The zero-order valence-electron chi connectivity index (χ0n) is 7.80. The molecule has 0 aliphatic heterocycles. The first-order valence-electron chi connectivity index (χ1n) is 4.09. The van der Waals surface area contributed by atoms with Crippen LogP contribution in [0.4, 0.5) is 5.69 Å². The predicted molar refractivity (Wildman–Crippen MR) is 50.9 cm³/mol. The number of aryl methyl sites for hydroxylation is 1. The summed E-state index contributed by atoms with van der Waals surface area (Å²) in [6, 6.07) is 0. The van der Waals surface area contributed by atoms with E-state index >= 15 is 0 Å². The van der Waals surface area contributed by atoms with Crippen LogP contribution in [0.15, 0.2) is 12.4 Å². The number of hydrogen-bond donors (Lipinski definition) is 3. The van der Waals surface area contributed by atoms with Crippen LogP contribution in [-0.2, 0) is 7.05 Å². The van der Waals surface area contributed by atoms with Crippen LogP contribution < -0.4 is 5.48 Å². The fourth-order valence-corrected chi connectivity index (χ4v) is 1.38. The van der Waals surface area contributed by atoms with E-state index in [2.05, 4.69) is 10.1 Å². The third-order valence-electron chi connectivity index (χ3n) is 2.10. The second-order valence-electron chi connectivity index (χ2n) is 2.97. The van der Waals surface area contributed by atoms with Crippen molar-refractivity contribution < 1.29 is 15.1 Å². The van der Waals surface area contributed by atoms with Gasteiger partial charge in [-0.2, -0.15) is 5.10 Å². The van der Waals surface area contributed by atoms with Gasteiger partial charge in [-0.25, -0.2) is 9.78 Å². The minimum atomic E-state index is -1.16. The Balaban J connectivity index is 2.82. The monoisotopic (exact) mass is 208 g/mol. The zero-order valence-corrected chi connectivity index (χ0v) is 7.80. The van der Waals surface area contributed by atoms with Crippen molar-refractivity contribution in [2.45, 2.75) is 0 Å². The molecule has 0 atom stereocenters. The minimum Gasteiger partial charge on any atom is -0.478 e. The van der Waals surface area contributed by atoms with Gasteiger partial charge in [-0.15, -0.1) is 0 Å². The Morgan fingerprint density at radius 3 is 2.87 bits per heavy atom. The summed E-state index contributed by atoms with van der Waals surface area (Å²) in [5.41, 5.74) is 2.35. The van der Waals surface area contributed by atoms with Crippen LogP contribution in [0.5, 0.6) is 0 Å². The summed E-state index contributed by atoms with van der Waals surface area (Å²) >= 11 is 0. The third kappa shape index (κ3) is 1.29. The normalized spacial score (nSPS) is 10.5. The molecule has 0 spiro atoms. The van der Waals surface area contributed by atoms with Gasteiger partial charge >= 0.3 is 5.97 Å². The Hall–Kier alpha value is -2.15. The molecular weight excluding hydrogens is 200 g/mol. The SMILES string of the molecule is Cn1ncc2c(NO)c(C(=O)O)cnc21. The van der Waals surface area contributed by atoms with E-state index in [1.165, 1.54) is 17.1 Å². The van der Waals surface area contributed by atoms with Gasteiger partial charge < -0.3 is 5.11 Å². The molecule has 2 rings (SSSR count). The number of pyridine rings is 1. The lowest BCUT2D eigenvalue weighted by atomic mass is 10.2. The molecule has 2 aromatic rings. The number of nitrogens with zero attached hydrogens (tertiary/aromatic N) is 3. The van der Waals surface area contributed by atoms with Crippen molar-refractivity contribution in [2.75, 3.05) is 5.48 Å². The number of carbonyl (C=O) groups is 1. The first-order chi connectivity index (χ1) is 7.15. The van der Waals surface area contributed by atoms with Gasteiger partial charge in [-0.1, -0.05) is 0 Å². The number of aromatic carboxylic acids is 1.